The Balaban J connectivity index is 2.36. The predicted octanol–water partition coefficient (Wildman–Crippen LogP) is 2.98. The first-order chi connectivity index (χ1) is 7.97. The van der Waals surface area contributed by atoms with Crippen molar-refractivity contribution in [3.05, 3.63) is 42.5 Å². The molecule has 2 rings (SSSR count). The second kappa shape index (κ2) is 4.20. The molecule has 0 unspecified atom stereocenters. The highest BCUT2D eigenvalue weighted by atomic mass is 19.1. The third-order valence-electron chi connectivity index (χ3n) is 2.36. The first kappa shape index (κ1) is 11.6. The molecule has 0 aliphatic carbocycles. The number of nitrogens with zero attached hydrogens (tertiary/aromatic N) is 3. The number of hydrogen-bond donors (Lipinski definition) is 0. The Labute approximate surface area is 99.8 Å². The molecule has 0 aliphatic heterocycles. The van der Waals surface area contributed by atoms with Crippen LogP contribution in [0.2, 0.25) is 0 Å². The monoisotopic (exact) mass is 231 g/mol. The standard InChI is InChI=1S/C13H14FN3/c1-13(2,3)12-16-6-10(7-17-12)9-4-11(14)8-15-5-9/h4-8H,1-3H3. The van der Waals surface area contributed by atoms with Crippen molar-refractivity contribution in [2.45, 2.75) is 26.2 Å². The van der Waals surface area contributed by atoms with Gasteiger partial charge in [0.15, 0.2) is 0 Å². The molecular weight excluding hydrogens is 217 g/mol. The van der Waals surface area contributed by atoms with Crippen molar-refractivity contribution >= 4 is 0 Å². The summed E-state index contributed by atoms with van der Waals surface area (Å²) >= 11 is 0. The minimum Gasteiger partial charge on any atom is -0.261 e. The van der Waals surface area contributed by atoms with Crippen LogP contribution < -0.4 is 0 Å². The van der Waals surface area contributed by atoms with Crippen molar-refractivity contribution in [1.82, 2.24) is 15.0 Å². The maximum absolute atomic E-state index is 13.0. The highest BCUT2D eigenvalue weighted by Gasteiger charge is 2.16. The number of hydrogen-bond acceptors (Lipinski definition) is 3. The molecule has 2 heterocycles. The molecule has 0 N–H and O–H groups in total. The van der Waals surface area contributed by atoms with Gasteiger partial charge in [-0.1, -0.05) is 20.8 Å². The van der Waals surface area contributed by atoms with E-state index in [-0.39, 0.29) is 11.2 Å². The fourth-order valence-electron chi connectivity index (χ4n) is 1.43. The Hall–Kier alpha value is -1.84. The van der Waals surface area contributed by atoms with Gasteiger partial charge in [0, 0.05) is 35.1 Å². The average Bonchev–Trinajstić information content (AvgIpc) is 2.28. The van der Waals surface area contributed by atoms with Crippen LogP contribution in [-0.4, -0.2) is 15.0 Å². The van der Waals surface area contributed by atoms with Crippen molar-refractivity contribution in [3.8, 4) is 11.1 Å². The lowest BCUT2D eigenvalue weighted by molar-refractivity contribution is 0.545. The van der Waals surface area contributed by atoms with Crippen LogP contribution in [0.5, 0.6) is 0 Å². The first-order valence-corrected chi connectivity index (χ1v) is 5.40. The van der Waals surface area contributed by atoms with Gasteiger partial charge in [-0.25, -0.2) is 14.4 Å². The van der Waals surface area contributed by atoms with Crippen LogP contribution in [-0.2, 0) is 5.41 Å². The van der Waals surface area contributed by atoms with Gasteiger partial charge < -0.3 is 0 Å². The fraction of sp³-hybridized carbons (Fsp3) is 0.308. The molecule has 0 bridgehead atoms. The van der Waals surface area contributed by atoms with Gasteiger partial charge in [0.25, 0.3) is 0 Å². The van der Waals surface area contributed by atoms with Gasteiger partial charge >= 0.3 is 0 Å². The zero-order valence-electron chi connectivity index (χ0n) is 10.1. The summed E-state index contributed by atoms with van der Waals surface area (Å²) in [6.07, 6.45) is 6.17. The molecule has 0 saturated carbocycles. The van der Waals surface area contributed by atoms with E-state index in [1.54, 1.807) is 18.6 Å². The molecule has 0 radical (unpaired) electrons. The Kier molecular flexibility index (Phi) is 2.88. The summed E-state index contributed by atoms with van der Waals surface area (Å²) in [5.74, 6) is 0.410. The molecule has 0 spiro atoms. The van der Waals surface area contributed by atoms with Gasteiger partial charge in [0.05, 0.1) is 6.20 Å². The van der Waals surface area contributed by atoms with E-state index >= 15 is 0 Å². The molecule has 3 nitrogen and oxygen atoms in total. The molecule has 0 atom stereocenters. The van der Waals surface area contributed by atoms with Crippen molar-refractivity contribution in [2.24, 2.45) is 0 Å². The minimum absolute atomic E-state index is 0.0846. The number of aromatic nitrogens is 3. The van der Waals surface area contributed by atoms with E-state index in [0.29, 0.717) is 5.56 Å². The molecule has 4 heteroatoms. The molecule has 0 amide bonds. The second-order valence-corrected chi connectivity index (χ2v) is 4.94. The predicted molar refractivity (Wildman–Crippen MR) is 63.9 cm³/mol. The quantitative estimate of drug-likeness (QED) is 0.757. The van der Waals surface area contributed by atoms with Crippen LogP contribution >= 0.6 is 0 Å². The van der Waals surface area contributed by atoms with Gasteiger partial charge in [-0.3, -0.25) is 4.98 Å². The normalized spacial score (nSPS) is 11.5. The van der Waals surface area contributed by atoms with Crippen molar-refractivity contribution in [2.75, 3.05) is 0 Å². The largest absolute Gasteiger partial charge is 0.261 e. The summed E-state index contributed by atoms with van der Waals surface area (Å²) in [6, 6.07) is 1.42. The van der Waals surface area contributed by atoms with E-state index in [4.69, 9.17) is 0 Å². The van der Waals surface area contributed by atoms with Gasteiger partial charge in [-0.15, -0.1) is 0 Å². The first-order valence-electron chi connectivity index (χ1n) is 5.40. The van der Waals surface area contributed by atoms with E-state index in [9.17, 15) is 4.39 Å². The molecule has 0 saturated heterocycles. The van der Waals surface area contributed by atoms with Gasteiger partial charge in [-0.05, 0) is 6.07 Å². The summed E-state index contributed by atoms with van der Waals surface area (Å²) in [6.45, 7) is 6.14. The number of pyridine rings is 1. The molecule has 2 aromatic rings. The molecule has 2 aromatic heterocycles. The van der Waals surface area contributed by atoms with E-state index in [0.717, 1.165) is 11.4 Å². The Morgan fingerprint density at radius 2 is 1.59 bits per heavy atom. The lowest BCUT2D eigenvalue weighted by atomic mass is 9.95. The Bertz CT molecular complexity index is 515. The number of rotatable bonds is 1. The van der Waals surface area contributed by atoms with Crippen LogP contribution in [0.15, 0.2) is 30.9 Å². The zero-order valence-corrected chi connectivity index (χ0v) is 10.1. The smallest absolute Gasteiger partial charge is 0.142 e. The van der Waals surface area contributed by atoms with E-state index in [2.05, 4.69) is 15.0 Å². The van der Waals surface area contributed by atoms with Crippen molar-refractivity contribution in [3.63, 3.8) is 0 Å². The summed E-state index contributed by atoms with van der Waals surface area (Å²) in [5, 5.41) is 0. The van der Waals surface area contributed by atoms with Crippen LogP contribution in [0.1, 0.15) is 26.6 Å². The number of halogens is 1. The lowest BCUT2D eigenvalue weighted by Gasteiger charge is -2.16. The molecule has 88 valence electrons. The van der Waals surface area contributed by atoms with Gasteiger partial charge in [0.2, 0.25) is 0 Å². The maximum atomic E-state index is 13.0. The fourth-order valence-corrected chi connectivity index (χ4v) is 1.43. The second-order valence-electron chi connectivity index (χ2n) is 4.94. The summed E-state index contributed by atoms with van der Waals surface area (Å²) in [7, 11) is 0. The third-order valence-corrected chi connectivity index (χ3v) is 2.36. The van der Waals surface area contributed by atoms with Crippen LogP contribution in [0.4, 0.5) is 4.39 Å². The third kappa shape index (κ3) is 2.64. The van der Waals surface area contributed by atoms with Crippen LogP contribution in [0.3, 0.4) is 0 Å². The molecule has 0 aliphatic rings. The van der Waals surface area contributed by atoms with Gasteiger partial charge in [0.1, 0.15) is 11.6 Å². The lowest BCUT2D eigenvalue weighted by Crippen LogP contribution is -2.15. The Morgan fingerprint density at radius 3 is 2.12 bits per heavy atom. The maximum Gasteiger partial charge on any atom is 0.142 e. The van der Waals surface area contributed by atoms with Crippen molar-refractivity contribution < 1.29 is 4.39 Å². The van der Waals surface area contributed by atoms with E-state index < -0.39 is 0 Å². The molecule has 17 heavy (non-hydrogen) atoms. The highest BCUT2D eigenvalue weighted by Crippen LogP contribution is 2.21. The topological polar surface area (TPSA) is 38.7 Å². The molecular formula is C13H14FN3. The highest BCUT2D eigenvalue weighted by molar-refractivity contribution is 5.60. The average molecular weight is 231 g/mol. The summed E-state index contributed by atoms with van der Waals surface area (Å²) in [4.78, 5) is 12.4. The molecule has 0 fully saturated rings. The van der Waals surface area contributed by atoms with E-state index in [1.807, 2.05) is 20.8 Å². The SMILES string of the molecule is CC(C)(C)c1ncc(-c2cncc(F)c2)cn1. The van der Waals surface area contributed by atoms with Crippen LogP contribution in [0, 0.1) is 5.82 Å². The van der Waals surface area contributed by atoms with Crippen LogP contribution in [0.25, 0.3) is 11.1 Å². The Morgan fingerprint density at radius 1 is 0.941 bits per heavy atom. The van der Waals surface area contributed by atoms with E-state index in [1.165, 1.54) is 12.3 Å². The van der Waals surface area contributed by atoms with Crippen molar-refractivity contribution in [1.29, 1.82) is 0 Å². The van der Waals surface area contributed by atoms with Gasteiger partial charge in [-0.2, -0.15) is 0 Å². The minimum atomic E-state index is -0.359. The summed E-state index contributed by atoms with van der Waals surface area (Å²) < 4.78 is 13.0. The molecule has 0 aromatic carbocycles. The zero-order chi connectivity index (χ0) is 12.5. The summed E-state index contributed by atoms with van der Waals surface area (Å²) in [5.41, 5.74) is 1.37.